The number of carbonyl (C=O) groups is 1. The highest BCUT2D eigenvalue weighted by molar-refractivity contribution is 5.88. The minimum absolute atomic E-state index is 0.339. The van der Waals surface area contributed by atoms with Crippen molar-refractivity contribution in [1.29, 1.82) is 0 Å². The van der Waals surface area contributed by atoms with E-state index in [1.54, 1.807) is 12.1 Å². The van der Waals surface area contributed by atoms with Crippen molar-refractivity contribution in [3.63, 3.8) is 0 Å². The summed E-state index contributed by atoms with van der Waals surface area (Å²) in [4.78, 5) is 13.2. The predicted octanol–water partition coefficient (Wildman–Crippen LogP) is 2.84. The van der Waals surface area contributed by atoms with E-state index >= 15 is 0 Å². The first kappa shape index (κ1) is 15.5. The summed E-state index contributed by atoms with van der Waals surface area (Å²) >= 11 is 0. The molecule has 0 saturated heterocycles. The maximum Gasteiger partial charge on any atom is 0.335 e. The van der Waals surface area contributed by atoms with E-state index < -0.39 is 5.97 Å². The molecule has 4 nitrogen and oxygen atoms in total. The summed E-state index contributed by atoms with van der Waals surface area (Å²) in [6.45, 7) is 10.4. The van der Waals surface area contributed by atoms with Crippen LogP contribution < -0.4 is 5.32 Å². The standard InChI is InChI=1S/C15H24N2O2/c1-4-17(5-2)10-6-9-16-14-8-7-13(15(18)19)11-12(14)3/h7-8,11,16H,4-6,9-10H2,1-3H3,(H,18,19). The van der Waals surface area contributed by atoms with Crippen molar-refractivity contribution in [3.8, 4) is 0 Å². The van der Waals surface area contributed by atoms with Crippen molar-refractivity contribution >= 4 is 11.7 Å². The molecule has 0 radical (unpaired) electrons. The highest BCUT2D eigenvalue weighted by Crippen LogP contribution is 2.16. The first-order chi connectivity index (χ1) is 9.08. The second-order valence-electron chi connectivity index (χ2n) is 4.64. The van der Waals surface area contributed by atoms with Gasteiger partial charge in [-0.05, 0) is 56.7 Å². The largest absolute Gasteiger partial charge is 0.478 e. The molecule has 0 fully saturated rings. The van der Waals surface area contributed by atoms with Gasteiger partial charge in [0.05, 0.1) is 5.56 Å². The lowest BCUT2D eigenvalue weighted by molar-refractivity contribution is 0.0697. The molecule has 0 bridgehead atoms. The molecule has 0 unspecified atom stereocenters. The van der Waals surface area contributed by atoms with Crippen LogP contribution in [-0.2, 0) is 0 Å². The number of nitrogens with zero attached hydrogens (tertiary/aromatic N) is 1. The third kappa shape index (κ3) is 4.91. The van der Waals surface area contributed by atoms with Crippen LogP contribution in [-0.4, -0.2) is 42.2 Å². The molecule has 0 aliphatic carbocycles. The first-order valence-electron chi connectivity index (χ1n) is 6.88. The van der Waals surface area contributed by atoms with E-state index in [0.717, 1.165) is 43.9 Å². The van der Waals surface area contributed by atoms with Crippen molar-refractivity contribution in [2.75, 3.05) is 31.5 Å². The molecule has 0 atom stereocenters. The summed E-state index contributed by atoms with van der Waals surface area (Å²) in [5, 5.41) is 12.3. The van der Waals surface area contributed by atoms with Gasteiger partial charge in [0.15, 0.2) is 0 Å². The number of carboxylic acids is 1. The number of aromatic carboxylic acids is 1. The Labute approximate surface area is 115 Å². The van der Waals surface area contributed by atoms with E-state index in [2.05, 4.69) is 24.1 Å². The van der Waals surface area contributed by atoms with Crippen molar-refractivity contribution in [2.24, 2.45) is 0 Å². The van der Waals surface area contributed by atoms with Crippen molar-refractivity contribution in [3.05, 3.63) is 29.3 Å². The molecule has 106 valence electrons. The molecule has 1 aromatic rings. The second-order valence-corrected chi connectivity index (χ2v) is 4.64. The zero-order valence-corrected chi connectivity index (χ0v) is 12.1. The number of aryl methyl sites for hydroxylation is 1. The van der Waals surface area contributed by atoms with Crippen LogP contribution in [0.25, 0.3) is 0 Å². The van der Waals surface area contributed by atoms with Gasteiger partial charge in [0.2, 0.25) is 0 Å². The van der Waals surface area contributed by atoms with E-state index in [1.807, 2.05) is 13.0 Å². The van der Waals surface area contributed by atoms with E-state index in [-0.39, 0.29) is 0 Å². The molecule has 0 saturated carbocycles. The van der Waals surface area contributed by atoms with Gasteiger partial charge in [-0.1, -0.05) is 13.8 Å². The quantitative estimate of drug-likeness (QED) is 0.709. The van der Waals surface area contributed by atoms with Crippen LogP contribution in [0.1, 0.15) is 36.2 Å². The Bertz CT molecular complexity index is 415. The summed E-state index contributed by atoms with van der Waals surface area (Å²) in [6.07, 6.45) is 1.09. The van der Waals surface area contributed by atoms with Crippen LogP contribution in [0.4, 0.5) is 5.69 Å². The molecule has 0 aliphatic heterocycles. The van der Waals surface area contributed by atoms with Gasteiger partial charge in [0, 0.05) is 12.2 Å². The van der Waals surface area contributed by atoms with E-state index in [0.29, 0.717) is 5.56 Å². The Kier molecular flexibility index (Phi) is 6.36. The Morgan fingerprint density at radius 3 is 2.53 bits per heavy atom. The molecular weight excluding hydrogens is 240 g/mol. The summed E-state index contributed by atoms with van der Waals surface area (Å²) in [5.41, 5.74) is 2.33. The predicted molar refractivity (Wildman–Crippen MR) is 79.0 cm³/mol. The van der Waals surface area contributed by atoms with Crippen molar-refractivity contribution < 1.29 is 9.90 Å². The molecule has 1 aromatic carbocycles. The maximum atomic E-state index is 10.8. The summed E-state index contributed by atoms with van der Waals surface area (Å²) in [5.74, 6) is -0.879. The van der Waals surface area contributed by atoms with Gasteiger partial charge in [-0.3, -0.25) is 0 Å². The molecule has 0 aliphatic rings. The van der Waals surface area contributed by atoms with Gasteiger partial charge >= 0.3 is 5.97 Å². The summed E-state index contributed by atoms with van der Waals surface area (Å²) in [7, 11) is 0. The third-order valence-corrected chi connectivity index (χ3v) is 3.33. The van der Waals surface area contributed by atoms with E-state index in [1.165, 1.54) is 0 Å². The van der Waals surface area contributed by atoms with Crippen LogP contribution in [0, 0.1) is 6.92 Å². The van der Waals surface area contributed by atoms with E-state index in [9.17, 15) is 4.79 Å². The van der Waals surface area contributed by atoms with Crippen LogP contribution in [0.5, 0.6) is 0 Å². The van der Waals surface area contributed by atoms with Gasteiger partial charge in [-0.2, -0.15) is 0 Å². The highest BCUT2D eigenvalue weighted by atomic mass is 16.4. The van der Waals surface area contributed by atoms with E-state index in [4.69, 9.17) is 5.11 Å². The van der Waals surface area contributed by atoms with Crippen LogP contribution in [0.15, 0.2) is 18.2 Å². The number of hydrogen-bond donors (Lipinski definition) is 2. The molecule has 1 rings (SSSR count). The Morgan fingerprint density at radius 1 is 1.32 bits per heavy atom. The molecule has 19 heavy (non-hydrogen) atoms. The number of anilines is 1. The van der Waals surface area contributed by atoms with Gasteiger partial charge in [-0.15, -0.1) is 0 Å². The van der Waals surface area contributed by atoms with Crippen LogP contribution >= 0.6 is 0 Å². The molecule has 0 heterocycles. The van der Waals surface area contributed by atoms with Gasteiger partial charge in [0.25, 0.3) is 0 Å². The fraction of sp³-hybridized carbons (Fsp3) is 0.533. The molecule has 0 spiro atoms. The lowest BCUT2D eigenvalue weighted by Gasteiger charge is -2.18. The second kappa shape index (κ2) is 7.79. The lowest BCUT2D eigenvalue weighted by atomic mass is 10.1. The molecule has 0 amide bonds. The third-order valence-electron chi connectivity index (χ3n) is 3.33. The average Bonchev–Trinajstić information content (AvgIpc) is 2.40. The fourth-order valence-electron chi connectivity index (χ4n) is 2.06. The number of benzene rings is 1. The summed E-state index contributed by atoms with van der Waals surface area (Å²) < 4.78 is 0. The van der Waals surface area contributed by atoms with Crippen molar-refractivity contribution in [2.45, 2.75) is 27.2 Å². The van der Waals surface area contributed by atoms with Crippen LogP contribution in [0.2, 0.25) is 0 Å². The number of carboxylic acid groups (broad SMARTS) is 1. The van der Waals surface area contributed by atoms with Gasteiger partial charge in [-0.25, -0.2) is 4.79 Å². The Balaban J connectivity index is 2.43. The number of hydrogen-bond acceptors (Lipinski definition) is 3. The molecule has 4 heteroatoms. The SMILES string of the molecule is CCN(CC)CCCNc1ccc(C(=O)O)cc1C. The maximum absolute atomic E-state index is 10.8. The van der Waals surface area contributed by atoms with Gasteiger partial charge < -0.3 is 15.3 Å². The van der Waals surface area contributed by atoms with Crippen LogP contribution in [0.3, 0.4) is 0 Å². The van der Waals surface area contributed by atoms with Crippen molar-refractivity contribution in [1.82, 2.24) is 4.90 Å². The zero-order chi connectivity index (χ0) is 14.3. The normalized spacial score (nSPS) is 10.7. The molecule has 0 aromatic heterocycles. The minimum atomic E-state index is -0.879. The Hall–Kier alpha value is -1.55. The highest BCUT2D eigenvalue weighted by Gasteiger charge is 2.05. The molecular formula is C15H24N2O2. The average molecular weight is 264 g/mol. The Morgan fingerprint density at radius 2 is 2.00 bits per heavy atom. The number of nitrogens with one attached hydrogen (secondary N) is 1. The smallest absolute Gasteiger partial charge is 0.335 e. The number of rotatable bonds is 8. The molecule has 2 N–H and O–H groups in total. The minimum Gasteiger partial charge on any atom is -0.478 e. The zero-order valence-electron chi connectivity index (χ0n) is 12.1. The monoisotopic (exact) mass is 264 g/mol. The summed E-state index contributed by atoms with van der Waals surface area (Å²) in [6, 6.07) is 5.19. The topological polar surface area (TPSA) is 52.6 Å². The fourth-order valence-corrected chi connectivity index (χ4v) is 2.06. The van der Waals surface area contributed by atoms with Gasteiger partial charge in [0.1, 0.15) is 0 Å². The lowest BCUT2D eigenvalue weighted by Crippen LogP contribution is -2.25. The first-order valence-corrected chi connectivity index (χ1v) is 6.88.